The van der Waals surface area contributed by atoms with Crippen LogP contribution in [0.4, 0.5) is 13.2 Å². The Morgan fingerprint density at radius 3 is 2.69 bits per heavy atom. The van der Waals surface area contributed by atoms with Crippen molar-refractivity contribution in [3.63, 3.8) is 0 Å². The minimum absolute atomic E-state index is 0.0879. The average molecular weight is 236 g/mol. The van der Waals surface area contributed by atoms with E-state index in [1.54, 1.807) is 10.9 Å². The standard InChI is InChI=1S/C9H15F3N4/c1-2-16-6-7(5-14-16)8(15-13)3-4-9(10,11)12/h5-6,8,15H,2-4,13H2,1H3. The Bertz CT molecular complexity index is 321. The number of hydrogen-bond acceptors (Lipinski definition) is 3. The van der Waals surface area contributed by atoms with Gasteiger partial charge in [-0.25, -0.2) is 0 Å². The summed E-state index contributed by atoms with van der Waals surface area (Å²) >= 11 is 0. The Morgan fingerprint density at radius 1 is 1.56 bits per heavy atom. The van der Waals surface area contributed by atoms with Crippen molar-refractivity contribution >= 4 is 0 Å². The molecule has 1 heterocycles. The maximum atomic E-state index is 12.0. The van der Waals surface area contributed by atoms with Gasteiger partial charge in [0.2, 0.25) is 0 Å². The molecule has 0 aliphatic heterocycles. The van der Waals surface area contributed by atoms with Crippen molar-refractivity contribution in [3.8, 4) is 0 Å². The lowest BCUT2D eigenvalue weighted by Crippen LogP contribution is -2.29. The van der Waals surface area contributed by atoms with Crippen LogP contribution in [0.25, 0.3) is 0 Å². The zero-order valence-corrected chi connectivity index (χ0v) is 8.96. The van der Waals surface area contributed by atoms with Gasteiger partial charge in [-0.1, -0.05) is 0 Å². The van der Waals surface area contributed by atoms with E-state index < -0.39 is 18.6 Å². The molecule has 0 aliphatic rings. The predicted octanol–water partition coefficient (Wildman–Crippen LogP) is 1.75. The lowest BCUT2D eigenvalue weighted by molar-refractivity contribution is -0.136. The lowest BCUT2D eigenvalue weighted by atomic mass is 10.1. The number of aryl methyl sites for hydroxylation is 1. The molecule has 1 rings (SSSR count). The number of hydrazine groups is 1. The van der Waals surface area contributed by atoms with Gasteiger partial charge in [-0.2, -0.15) is 18.3 Å². The maximum Gasteiger partial charge on any atom is 0.389 e. The first-order valence-electron chi connectivity index (χ1n) is 5.01. The fraction of sp³-hybridized carbons (Fsp3) is 0.667. The van der Waals surface area contributed by atoms with E-state index in [-0.39, 0.29) is 6.42 Å². The minimum Gasteiger partial charge on any atom is -0.273 e. The largest absolute Gasteiger partial charge is 0.389 e. The molecule has 0 aliphatic carbocycles. The van der Waals surface area contributed by atoms with Gasteiger partial charge in [0.25, 0.3) is 0 Å². The molecule has 0 spiro atoms. The molecule has 0 bridgehead atoms. The lowest BCUT2D eigenvalue weighted by Gasteiger charge is -2.15. The van der Waals surface area contributed by atoms with E-state index in [1.807, 2.05) is 6.92 Å². The fourth-order valence-corrected chi connectivity index (χ4v) is 1.39. The number of halogens is 3. The Balaban J connectivity index is 2.60. The van der Waals surface area contributed by atoms with E-state index >= 15 is 0 Å². The van der Waals surface area contributed by atoms with E-state index in [9.17, 15) is 13.2 Å². The van der Waals surface area contributed by atoms with Gasteiger partial charge in [-0.05, 0) is 13.3 Å². The number of alkyl halides is 3. The molecule has 4 nitrogen and oxygen atoms in total. The summed E-state index contributed by atoms with van der Waals surface area (Å²) in [5.41, 5.74) is 3.05. The predicted molar refractivity (Wildman–Crippen MR) is 53.3 cm³/mol. The monoisotopic (exact) mass is 236 g/mol. The number of aromatic nitrogens is 2. The molecule has 0 saturated carbocycles. The van der Waals surface area contributed by atoms with Gasteiger partial charge in [-0.15, -0.1) is 0 Å². The molecule has 1 unspecified atom stereocenters. The highest BCUT2D eigenvalue weighted by molar-refractivity contribution is 5.09. The number of nitrogens with one attached hydrogen (secondary N) is 1. The van der Waals surface area contributed by atoms with Crippen molar-refractivity contribution in [3.05, 3.63) is 18.0 Å². The van der Waals surface area contributed by atoms with Gasteiger partial charge >= 0.3 is 6.18 Å². The Labute approximate surface area is 91.6 Å². The summed E-state index contributed by atoms with van der Waals surface area (Å²) in [6.45, 7) is 2.58. The van der Waals surface area contributed by atoms with E-state index in [0.29, 0.717) is 12.1 Å². The van der Waals surface area contributed by atoms with Crippen LogP contribution < -0.4 is 11.3 Å². The highest BCUT2D eigenvalue weighted by atomic mass is 19.4. The second-order valence-corrected chi connectivity index (χ2v) is 3.50. The van der Waals surface area contributed by atoms with Crippen LogP contribution in [0.2, 0.25) is 0 Å². The van der Waals surface area contributed by atoms with E-state index in [2.05, 4.69) is 10.5 Å². The number of rotatable bonds is 5. The minimum atomic E-state index is -4.16. The molecule has 1 aromatic heterocycles. The summed E-state index contributed by atoms with van der Waals surface area (Å²) in [5, 5.41) is 3.99. The summed E-state index contributed by atoms with van der Waals surface area (Å²) in [6.07, 6.45) is -1.88. The van der Waals surface area contributed by atoms with Crippen LogP contribution in [0.1, 0.15) is 31.4 Å². The smallest absolute Gasteiger partial charge is 0.273 e. The number of nitrogens with two attached hydrogens (primary N) is 1. The molecule has 0 amide bonds. The van der Waals surface area contributed by atoms with E-state index in [1.165, 1.54) is 6.20 Å². The van der Waals surface area contributed by atoms with Gasteiger partial charge in [0, 0.05) is 30.8 Å². The SMILES string of the molecule is CCn1cc(C(CCC(F)(F)F)NN)cn1. The first-order chi connectivity index (χ1) is 7.46. The number of hydrogen-bond donors (Lipinski definition) is 2. The Kier molecular flexibility index (Phi) is 4.31. The van der Waals surface area contributed by atoms with Crippen molar-refractivity contribution in [2.24, 2.45) is 5.84 Å². The summed E-state index contributed by atoms with van der Waals surface area (Å²) in [7, 11) is 0. The van der Waals surface area contributed by atoms with Crippen LogP contribution in [0.15, 0.2) is 12.4 Å². The fourth-order valence-electron chi connectivity index (χ4n) is 1.39. The average Bonchev–Trinajstić information content (AvgIpc) is 2.65. The van der Waals surface area contributed by atoms with Crippen LogP contribution in [0.5, 0.6) is 0 Å². The molecule has 92 valence electrons. The topological polar surface area (TPSA) is 55.9 Å². The Morgan fingerprint density at radius 2 is 2.25 bits per heavy atom. The molecule has 0 fully saturated rings. The third-order valence-corrected chi connectivity index (χ3v) is 2.30. The van der Waals surface area contributed by atoms with Crippen LogP contribution in [-0.4, -0.2) is 16.0 Å². The molecular formula is C9H15F3N4. The maximum absolute atomic E-state index is 12.0. The van der Waals surface area contributed by atoms with Crippen molar-refractivity contribution in [2.75, 3.05) is 0 Å². The van der Waals surface area contributed by atoms with Crippen LogP contribution in [0.3, 0.4) is 0 Å². The quantitative estimate of drug-likeness (QED) is 0.605. The van der Waals surface area contributed by atoms with Crippen molar-refractivity contribution in [1.29, 1.82) is 0 Å². The molecule has 16 heavy (non-hydrogen) atoms. The number of nitrogens with zero attached hydrogens (tertiary/aromatic N) is 2. The first-order valence-corrected chi connectivity index (χ1v) is 5.01. The van der Waals surface area contributed by atoms with Crippen molar-refractivity contribution in [1.82, 2.24) is 15.2 Å². The van der Waals surface area contributed by atoms with E-state index in [4.69, 9.17) is 5.84 Å². The van der Waals surface area contributed by atoms with Gasteiger partial charge in [0.1, 0.15) is 0 Å². The molecule has 1 aromatic rings. The van der Waals surface area contributed by atoms with Crippen molar-refractivity contribution in [2.45, 2.75) is 38.5 Å². The molecule has 0 saturated heterocycles. The van der Waals surface area contributed by atoms with Gasteiger partial charge in [0.15, 0.2) is 0 Å². The van der Waals surface area contributed by atoms with Crippen LogP contribution in [-0.2, 0) is 6.54 Å². The van der Waals surface area contributed by atoms with E-state index in [0.717, 1.165) is 0 Å². The van der Waals surface area contributed by atoms with Crippen LogP contribution >= 0.6 is 0 Å². The summed E-state index contributed by atoms with van der Waals surface area (Å²) in [5.74, 6) is 5.23. The van der Waals surface area contributed by atoms with Gasteiger partial charge in [-0.3, -0.25) is 16.0 Å². The molecular weight excluding hydrogens is 221 g/mol. The van der Waals surface area contributed by atoms with Gasteiger partial charge in [0.05, 0.1) is 6.20 Å². The highest BCUT2D eigenvalue weighted by Crippen LogP contribution is 2.26. The van der Waals surface area contributed by atoms with Crippen molar-refractivity contribution < 1.29 is 13.2 Å². The summed E-state index contributed by atoms with van der Waals surface area (Å²) < 4.78 is 37.8. The van der Waals surface area contributed by atoms with Gasteiger partial charge < -0.3 is 0 Å². The molecule has 0 aromatic carbocycles. The summed E-state index contributed by atoms with van der Waals surface area (Å²) in [6, 6.07) is -0.512. The molecule has 3 N–H and O–H groups in total. The second-order valence-electron chi connectivity index (χ2n) is 3.50. The zero-order chi connectivity index (χ0) is 12.2. The van der Waals surface area contributed by atoms with Crippen LogP contribution in [0, 0.1) is 0 Å². The summed E-state index contributed by atoms with van der Waals surface area (Å²) in [4.78, 5) is 0. The second kappa shape index (κ2) is 5.31. The third-order valence-electron chi connectivity index (χ3n) is 2.30. The molecule has 1 atom stereocenters. The third kappa shape index (κ3) is 3.82. The first kappa shape index (κ1) is 13.0. The highest BCUT2D eigenvalue weighted by Gasteiger charge is 2.28. The normalized spacial score (nSPS) is 14.1. The Hall–Kier alpha value is -1.08. The molecule has 7 heteroatoms. The zero-order valence-electron chi connectivity index (χ0n) is 8.96. The molecule has 0 radical (unpaired) electrons.